The van der Waals surface area contributed by atoms with Crippen LogP contribution in [-0.4, -0.2) is 34.5 Å². The van der Waals surface area contributed by atoms with Crippen LogP contribution in [-0.2, 0) is 22.2 Å². The summed E-state index contributed by atoms with van der Waals surface area (Å²) in [6, 6.07) is 4.03. The third kappa shape index (κ3) is 5.05. The second-order valence-corrected chi connectivity index (χ2v) is 5.04. The summed E-state index contributed by atoms with van der Waals surface area (Å²) in [5, 5.41) is 8.85. The van der Waals surface area contributed by atoms with Crippen LogP contribution in [0.3, 0.4) is 0 Å². The Labute approximate surface area is 126 Å². The molecule has 0 aromatic heterocycles. The molecule has 0 spiro atoms. The molecule has 0 saturated heterocycles. The van der Waals surface area contributed by atoms with Gasteiger partial charge in [-0.25, -0.2) is 0 Å². The van der Waals surface area contributed by atoms with Crippen LogP contribution in [0.4, 0.5) is 13.2 Å². The van der Waals surface area contributed by atoms with E-state index in [9.17, 15) is 22.8 Å². The van der Waals surface area contributed by atoms with Crippen LogP contribution in [0.25, 0.3) is 0 Å². The number of nitrogens with zero attached hydrogens (tertiary/aromatic N) is 1. The van der Waals surface area contributed by atoms with Crippen molar-refractivity contribution in [2.24, 2.45) is 0 Å². The van der Waals surface area contributed by atoms with Gasteiger partial charge in [0.1, 0.15) is 6.54 Å². The zero-order valence-electron chi connectivity index (χ0n) is 12.4. The van der Waals surface area contributed by atoms with Gasteiger partial charge >= 0.3 is 12.1 Å². The standard InChI is InChI=1S/C15H18F3NO3/c1-3-10(2)19(9-14(21)22)13(20)8-11-4-6-12(7-5-11)15(16,17)18/h4-7,10H,3,8-9H2,1-2H3,(H,21,22). The number of amides is 1. The molecule has 4 nitrogen and oxygen atoms in total. The topological polar surface area (TPSA) is 57.6 Å². The van der Waals surface area contributed by atoms with Crippen LogP contribution in [0, 0.1) is 0 Å². The Balaban J connectivity index is 2.83. The Morgan fingerprint density at radius 3 is 2.18 bits per heavy atom. The Bertz CT molecular complexity index is 526. The van der Waals surface area contributed by atoms with E-state index in [-0.39, 0.29) is 12.5 Å². The van der Waals surface area contributed by atoms with E-state index < -0.39 is 30.2 Å². The summed E-state index contributed by atoms with van der Waals surface area (Å²) in [7, 11) is 0. The minimum absolute atomic E-state index is 0.129. The largest absolute Gasteiger partial charge is 0.480 e. The number of hydrogen-bond donors (Lipinski definition) is 1. The van der Waals surface area contributed by atoms with Gasteiger partial charge in [-0.2, -0.15) is 13.2 Å². The lowest BCUT2D eigenvalue weighted by atomic mass is 10.1. The van der Waals surface area contributed by atoms with E-state index in [2.05, 4.69) is 0 Å². The molecule has 22 heavy (non-hydrogen) atoms. The predicted molar refractivity (Wildman–Crippen MR) is 74.2 cm³/mol. The maximum absolute atomic E-state index is 12.5. The molecule has 0 fully saturated rings. The lowest BCUT2D eigenvalue weighted by Gasteiger charge is -2.27. The molecule has 0 aliphatic heterocycles. The molecule has 1 atom stereocenters. The van der Waals surface area contributed by atoms with Crippen LogP contribution >= 0.6 is 0 Å². The van der Waals surface area contributed by atoms with Crippen molar-refractivity contribution in [3.63, 3.8) is 0 Å². The van der Waals surface area contributed by atoms with Gasteiger partial charge in [-0.1, -0.05) is 19.1 Å². The summed E-state index contributed by atoms with van der Waals surface area (Å²) >= 11 is 0. The SMILES string of the molecule is CCC(C)N(CC(=O)O)C(=O)Cc1ccc(C(F)(F)F)cc1. The maximum atomic E-state index is 12.5. The van der Waals surface area contributed by atoms with Crippen molar-refractivity contribution in [3.05, 3.63) is 35.4 Å². The Morgan fingerprint density at radius 1 is 1.23 bits per heavy atom. The second-order valence-electron chi connectivity index (χ2n) is 5.04. The van der Waals surface area contributed by atoms with Gasteiger partial charge in [0.2, 0.25) is 5.91 Å². The molecule has 0 radical (unpaired) electrons. The molecular formula is C15H18F3NO3. The highest BCUT2D eigenvalue weighted by atomic mass is 19.4. The third-order valence-electron chi connectivity index (χ3n) is 3.39. The van der Waals surface area contributed by atoms with Crippen molar-refractivity contribution in [2.75, 3.05) is 6.54 Å². The number of alkyl halides is 3. The number of carbonyl (C=O) groups is 2. The molecule has 0 aliphatic carbocycles. The van der Waals surface area contributed by atoms with Gasteiger partial charge in [0.15, 0.2) is 0 Å². The summed E-state index contributed by atoms with van der Waals surface area (Å²) in [4.78, 5) is 24.2. The lowest BCUT2D eigenvalue weighted by molar-refractivity contribution is -0.145. The minimum atomic E-state index is -4.42. The van der Waals surface area contributed by atoms with Crippen LogP contribution < -0.4 is 0 Å². The molecule has 1 aromatic carbocycles. The molecule has 1 aromatic rings. The van der Waals surface area contributed by atoms with Crippen molar-refractivity contribution in [1.82, 2.24) is 4.90 Å². The molecular weight excluding hydrogens is 299 g/mol. The first-order chi connectivity index (χ1) is 10.1. The summed E-state index contributed by atoms with van der Waals surface area (Å²) in [6.07, 6.45) is -3.96. The molecule has 0 heterocycles. The first-order valence-electron chi connectivity index (χ1n) is 6.82. The smallest absolute Gasteiger partial charge is 0.416 e. The molecule has 0 saturated carbocycles. The first kappa shape index (κ1) is 18.0. The molecule has 0 bridgehead atoms. The van der Waals surface area contributed by atoms with E-state index in [0.717, 1.165) is 12.1 Å². The molecule has 7 heteroatoms. The van der Waals surface area contributed by atoms with E-state index in [1.807, 2.05) is 6.92 Å². The van der Waals surface area contributed by atoms with Gasteiger partial charge in [-0.15, -0.1) is 0 Å². The number of halogens is 3. The summed E-state index contributed by atoms with van der Waals surface area (Å²) in [6.45, 7) is 3.13. The number of carboxylic acid groups (broad SMARTS) is 1. The number of carboxylic acids is 1. The average Bonchev–Trinajstić information content (AvgIpc) is 2.43. The fourth-order valence-electron chi connectivity index (χ4n) is 1.94. The summed E-state index contributed by atoms with van der Waals surface area (Å²) in [5.74, 6) is -1.54. The molecule has 1 unspecified atom stereocenters. The number of carbonyl (C=O) groups excluding carboxylic acids is 1. The molecule has 1 N–H and O–H groups in total. The van der Waals surface area contributed by atoms with E-state index >= 15 is 0 Å². The Hall–Kier alpha value is -2.05. The minimum Gasteiger partial charge on any atom is -0.480 e. The monoisotopic (exact) mass is 317 g/mol. The van der Waals surface area contributed by atoms with Gasteiger partial charge in [-0.3, -0.25) is 9.59 Å². The number of hydrogen-bond acceptors (Lipinski definition) is 2. The van der Waals surface area contributed by atoms with E-state index in [1.165, 1.54) is 17.0 Å². The molecule has 0 aliphatic rings. The van der Waals surface area contributed by atoms with Crippen molar-refractivity contribution < 1.29 is 27.9 Å². The maximum Gasteiger partial charge on any atom is 0.416 e. The second kappa shape index (κ2) is 7.29. The summed E-state index contributed by atoms with van der Waals surface area (Å²) < 4.78 is 37.4. The highest BCUT2D eigenvalue weighted by Crippen LogP contribution is 2.29. The predicted octanol–water partition coefficient (Wildman–Crippen LogP) is 2.96. The van der Waals surface area contributed by atoms with E-state index in [1.54, 1.807) is 6.92 Å². The average molecular weight is 317 g/mol. The van der Waals surface area contributed by atoms with Crippen molar-refractivity contribution in [2.45, 2.75) is 38.9 Å². The Kier molecular flexibility index (Phi) is 5.96. The van der Waals surface area contributed by atoms with Crippen molar-refractivity contribution in [3.8, 4) is 0 Å². The first-order valence-corrected chi connectivity index (χ1v) is 6.82. The van der Waals surface area contributed by atoms with Crippen LogP contribution in [0.15, 0.2) is 24.3 Å². The highest BCUT2D eigenvalue weighted by Gasteiger charge is 2.30. The lowest BCUT2D eigenvalue weighted by Crippen LogP contribution is -2.42. The number of benzene rings is 1. The Morgan fingerprint density at radius 2 is 1.77 bits per heavy atom. The number of aliphatic carboxylic acids is 1. The summed E-state index contributed by atoms with van der Waals surface area (Å²) in [5.41, 5.74) is -0.371. The van der Waals surface area contributed by atoms with Gasteiger partial charge < -0.3 is 10.0 Å². The van der Waals surface area contributed by atoms with Gasteiger partial charge in [-0.05, 0) is 31.0 Å². The quantitative estimate of drug-likeness (QED) is 0.877. The molecule has 122 valence electrons. The molecule has 1 rings (SSSR count). The van der Waals surface area contributed by atoms with Gasteiger partial charge in [0.25, 0.3) is 0 Å². The zero-order chi connectivity index (χ0) is 16.9. The third-order valence-corrected chi connectivity index (χ3v) is 3.39. The van der Waals surface area contributed by atoms with E-state index in [4.69, 9.17) is 5.11 Å². The number of rotatable bonds is 6. The zero-order valence-corrected chi connectivity index (χ0v) is 12.4. The molecule has 1 amide bonds. The van der Waals surface area contributed by atoms with Gasteiger partial charge in [0.05, 0.1) is 12.0 Å². The fourth-order valence-corrected chi connectivity index (χ4v) is 1.94. The fraction of sp³-hybridized carbons (Fsp3) is 0.467. The van der Waals surface area contributed by atoms with Crippen molar-refractivity contribution >= 4 is 11.9 Å². The van der Waals surface area contributed by atoms with Gasteiger partial charge in [0, 0.05) is 6.04 Å². The van der Waals surface area contributed by atoms with E-state index in [0.29, 0.717) is 12.0 Å². The normalized spacial score (nSPS) is 12.8. The van der Waals surface area contributed by atoms with Crippen LogP contribution in [0.1, 0.15) is 31.4 Å². The van der Waals surface area contributed by atoms with Crippen LogP contribution in [0.2, 0.25) is 0 Å². The van der Waals surface area contributed by atoms with Crippen molar-refractivity contribution in [1.29, 1.82) is 0 Å². The van der Waals surface area contributed by atoms with Crippen LogP contribution in [0.5, 0.6) is 0 Å². The highest BCUT2D eigenvalue weighted by molar-refractivity contribution is 5.83.